The molecule has 6 nitrogen and oxygen atoms in total. The van der Waals surface area contributed by atoms with Crippen molar-refractivity contribution in [3.8, 4) is 0 Å². The number of benzene rings is 2. The molecule has 2 aromatic carbocycles. The third kappa shape index (κ3) is 4.34. The fourth-order valence-electron chi connectivity index (χ4n) is 2.46. The van der Waals surface area contributed by atoms with Crippen molar-refractivity contribution in [1.82, 2.24) is 0 Å². The van der Waals surface area contributed by atoms with E-state index < -0.39 is 21.9 Å². The molecule has 132 valence electrons. The first-order chi connectivity index (χ1) is 11.9. The van der Waals surface area contributed by atoms with Gasteiger partial charge in [0.1, 0.15) is 11.9 Å². The van der Waals surface area contributed by atoms with E-state index in [4.69, 9.17) is 4.74 Å². The smallest absolute Gasteiger partial charge is 0.261 e. The van der Waals surface area contributed by atoms with Gasteiger partial charge in [0.2, 0.25) is 0 Å². The monoisotopic (exact) mass is 364 g/mol. The van der Waals surface area contributed by atoms with Crippen LogP contribution in [0.2, 0.25) is 0 Å². The first-order valence-corrected chi connectivity index (χ1v) is 9.23. The Morgan fingerprint density at radius 1 is 1.04 bits per heavy atom. The van der Waals surface area contributed by atoms with Crippen LogP contribution in [0.15, 0.2) is 53.4 Å². The lowest BCUT2D eigenvalue weighted by atomic mass is 10.2. The number of sulfonamides is 1. The normalized spacial score (nSPS) is 17.2. The van der Waals surface area contributed by atoms with Crippen LogP contribution in [-0.4, -0.2) is 27.0 Å². The average Bonchev–Trinajstić information content (AvgIpc) is 3.11. The van der Waals surface area contributed by atoms with E-state index in [2.05, 4.69) is 10.0 Å². The maximum atomic E-state index is 12.9. The molecule has 0 bridgehead atoms. The van der Waals surface area contributed by atoms with Crippen molar-refractivity contribution in [3.05, 3.63) is 54.3 Å². The molecule has 1 aliphatic rings. The van der Waals surface area contributed by atoms with Crippen LogP contribution in [0.5, 0.6) is 0 Å². The summed E-state index contributed by atoms with van der Waals surface area (Å²) >= 11 is 0. The van der Waals surface area contributed by atoms with Crippen LogP contribution < -0.4 is 10.0 Å². The van der Waals surface area contributed by atoms with Gasteiger partial charge in [-0.2, -0.15) is 0 Å². The van der Waals surface area contributed by atoms with Gasteiger partial charge >= 0.3 is 0 Å². The van der Waals surface area contributed by atoms with Crippen molar-refractivity contribution in [1.29, 1.82) is 0 Å². The zero-order chi connectivity index (χ0) is 17.9. The van der Waals surface area contributed by atoms with Crippen LogP contribution in [0.3, 0.4) is 0 Å². The summed E-state index contributed by atoms with van der Waals surface area (Å²) in [5, 5.41) is 2.73. The lowest BCUT2D eigenvalue weighted by Gasteiger charge is -2.12. The van der Waals surface area contributed by atoms with E-state index in [0.29, 0.717) is 24.4 Å². The highest BCUT2D eigenvalue weighted by molar-refractivity contribution is 7.92. The van der Waals surface area contributed by atoms with Crippen molar-refractivity contribution >= 4 is 27.3 Å². The van der Waals surface area contributed by atoms with E-state index >= 15 is 0 Å². The van der Waals surface area contributed by atoms with Gasteiger partial charge in [-0.25, -0.2) is 12.8 Å². The van der Waals surface area contributed by atoms with Crippen molar-refractivity contribution in [2.45, 2.75) is 23.8 Å². The minimum Gasteiger partial charge on any atom is -0.368 e. The molecule has 1 fully saturated rings. The summed E-state index contributed by atoms with van der Waals surface area (Å²) in [5.74, 6) is -0.720. The summed E-state index contributed by atoms with van der Waals surface area (Å²) in [6, 6.07) is 10.8. The zero-order valence-corrected chi connectivity index (χ0v) is 14.1. The van der Waals surface area contributed by atoms with Gasteiger partial charge in [-0.3, -0.25) is 9.52 Å². The number of ether oxygens (including phenoxy) is 1. The number of carbonyl (C=O) groups is 1. The largest absolute Gasteiger partial charge is 0.368 e. The van der Waals surface area contributed by atoms with Crippen molar-refractivity contribution < 1.29 is 22.3 Å². The first kappa shape index (κ1) is 17.4. The molecule has 1 saturated heterocycles. The molecular formula is C17H17FN2O4S. The number of hydrogen-bond donors (Lipinski definition) is 2. The van der Waals surface area contributed by atoms with E-state index in [-0.39, 0.29) is 10.8 Å². The maximum absolute atomic E-state index is 12.9. The van der Waals surface area contributed by atoms with Crippen LogP contribution >= 0.6 is 0 Å². The quantitative estimate of drug-likeness (QED) is 0.854. The number of amides is 1. The van der Waals surface area contributed by atoms with E-state index in [1.165, 1.54) is 24.3 Å². The Bertz CT molecular complexity index is 845. The molecule has 1 atom stereocenters. The molecular weight excluding hydrogens is 347 g/mol. The Morgan fingerprint density at radius 3 is 2.28 bits per heavy atom. The topological polar surface area (TPSA) is 84.5 Å². The summed E-state index contributed by atoms with van der Waals surface area (Å²) in [6.07, 6.45) is 1.13. The summed E-state index contributed by atoms with van der Waals surface area (Å²) in [5.41, 5.74) is 0.879. The Labute approximate surface area is 145 Å². The number of carbonyl (C=O) groups excluding carboxylic acids is 1. The van der Waals surface area contributed by atoms with E-state index in [1.807, 2.05) is 0 Å². The van der Waals surface area contributed by atoms with Crippen LogP contribution in [-0.2, 0) is 19.6 Å². The molecule has 0 spiro atoms. The fourth-order valence-corrected chi connectivity index (χ4v) is 3.52. The molecule has 1 amide bonds. The number of hydrogen-bond acceptors (Lipinski definition) is 4. The third-order valence-electron chi connectivity index (χ3n) is 3.75. The Balaban J connectivity index is 1.65. The van der Waals surface area contributed by atoms with Crippen molar-refractivity contribution in [2.75, 3.05) is 16.6 Å². The first-order valence-electron chi connectivity index (χ1n) is 7.75. The van der Waals surface area contributed by atoms with Crippen molar-refractivity contribution in [2.24, 2.45) is 0 Å². The third-order valence-corrected chi connectivity index (χ3v) is 5.15. The minimum atomic E-state index is -3.80. The Hall–Kier alpha value is -2.45. The second kappa shape index (κ2) is 7.20. The molecule has 0 aliphatic carbocycles. The van der Waals surface area contributed by atoms with Gasteiger partial charge in [0.15, 0.2) is 0 Å². The number of halogens is 1. The standard InChI is InChI=1S/C17H17FN2O4S/c18-12-3-9-15(10-4-12)25(22,23)20-14-7-5-13(6-8-14)19-17(21)16-2-1-11-24-16/h3-10,16,20H,1-2,11H2,(H,19,21)/t16-/m0/s1. The molecule has 0 saturated carbocycles. The molecule has 0 radical (unpaired) electrons. The highest BCUT2D eigenvalue weighted by atomic mass is 32.2. The predicted octanol–water partition coefficient (Wildman–Crippen LogP) is 2.74. The summed E-state index contributed by atoms with van der Waals surface area (Å²) in [4.78, 5) is 11.9. The highest BCUT2D eigenvalue weighted by Crippen LogP contribution is 2.20. The predicted molar refractivity (Wildman–Crippen MR) is 91.3 cm³/mol. The van der Waals surface area contributed by atoms with Gasteiger partial charge in [0.05, 0.1) is 4.90 Å². The number of anilines is 2. The van der Waals surface area contributed by atoms with Gasteiger partial charge in [-0.15, -0.1) is 0 Å². The van der Waals surface area contributed by atoms with Gasteiger partial charge in [-0.1, -0.05) is 0 Å². The van der Waals surface area contributed by atoms with E-state index in [9.17, 15) is 17.6 Å². The molecule has 1 heterocycles. The molecule has 2 aromatic rings. The zero-order valence-electron chi connectivity index (χ0n) is 13.2. The lowest BCUT2D eigenvalue weighted by Crippen LogP contribution is -2.26. The van der Waals surface area contributed by atoms with Gasteiger partial charge in [-0.05, 0) is 61.4 Å². The fraction of sp³-hybridized carbons (Fsp3) is 0.235. The van der Waals surface area contributed by atoms with Crippen LogP contribution in [0.4, 0.5) is 15.8 Å². The second-order valence-electron chi connectivity index (χ2n) is 5.63. The van der Waals surface area contributed by atoms with Gasteiger partial charge in [0.25, 0.3) is 15.9 Å². The average molecular weight is 364 g/mol. The molecule has 25 heavy (non-hydrogen) atoms. The van der Waals surface area contributed by atoms with Crippen LogP contribution in [0, 0.1) is 5.82 Å². The van der Waals surface area contributed by atoms with Crippen LogP contribution in [0.1, 0.15) is 12.8 Å². The lowest BCUT2D eigenvalue weighted by molar-refractivity contribution is -0.124. The van der Waals surface area contributed by atoms with Gasteiger partial charge < -0.3 is 10.1 Å². The molecule has 3 rings (SSSR count). The summed E-state index contributed by atoms with van der Waals surface area (Å²) in [6.45, 7) is 0.586. The Kier molecular flexibility index (Phi) is 5.00. The van der Waals surface area contributed by atoms with E-state index in [1.54, 1.807) is 12.1 Å². The molecule has 1 aliphatic heterocycles. The minimum absolute atomic E-state index is 0.0374. The highest BCUT2D eigenvalue weighted by Gasteiger charge is 2.23. The molecule has 0 aromatic heterocycles. The second-order valence-corrected chi connectivity index (χ2v) is 7.31. The summed E-state index contributed by atoms with van der Waals surface area (Å²) < 4.78 is 45.1. The SMILES string of the molecule is O=C(Nc1ccc(NS(=O)(=O)c2ccc(F)cc2)cc1)[C@@H]1CCCO1. The summed E-state index contributed by atoms with van der Waals surface area (Å²) in [7, 11) is -3.80. The number of rotatable bonds is 5. The molecule has 8 heteroatoms. The van der Waals surface area contributed by atoms with Crippen molar-refractivity contribution in [3.63, 3.8) is 0 Å². The maximum Gasteiger partial charge on any atom is 0.261 e. The molecule has 2 N–H and O–H groups in total. The molecule has 0 unspecified atom stereocenters. The number of nitrogens with one attached hydrogen (secondary N) is 2. The van der Waals surface area contributed by atoms with E-state index in [0.717, 1.165) is 18.6 Å². The van der Waals surface area contributed by atoms with Gasteiger partial charge in [0, 0.05) is 18.0 Å². The Morgan fingerprint density at radius 2 is 1.68 bits per heavy atom. The van der Waals surface area contributed by atoms with Crippen LogP contribution in [0.25, 0.3) is 0 Å².